The van der Waals surface area contributed by atoms with Gasteiger partial charge in [0.15, 0.2) is 0 Å². The highest BCUT2D eigenvalue weighted by molar-refractivity contribution is 6.12. The summed E-state index contributed by atoms with van der Waals surface area (Å²) in [6, 6.07) is 0. The molecule has 2 aliphatic heterocycles. The van der Waals surface area contributed by atoms with Gasteiger partial charge in [-0.05, 0) is 58.8 Å². The number of hydrogen-bond donors (Lipinski definition) is 2. The van der Waals surface area contributed by atoms with Crippen molar-refractivity contribution in [2.24, 2.45) is 5.92 Å². The lowest BCUT2D eigenvalue weighted by atomic mass is 10.1. The highest BCUT2D eigenvalue weighted by Gasteiger charge is 2.29. The molecule has 1 fully saturated rings. The van der Waals surface area contributed by atoms with E-state index >= 15 is 0 Å². The maximum atomic E-state index is 12.1. The van der Waals surface area contributed by atoms with Gasteiger partial charge < -0.3 is 20.3 Å². The van der Waals surface area contributed by atoms with Gasteiger partial charge >= 0.3 is 6.09 Å². The van der Waals surface area contributed by atoms with E-state index in [-0.39, 0.29) is 35.6 Å². The largest absolute Gasteiger partial charge is 0.444 e. The fraction of sp³-hybridized carbons (Fsp3) is 0.731. The van der Waals surface area contributed by atoms with Crippen molar-refractivity contribution in [1.82, 2.24) is 20.4 Å². The maximum Gasteiger partial charge on any atom is 0.410 e. The molecular weight excluding hydrogens is 464 g/mol. The van der Waals surface area contributed by atoms with Crippen LogP contribution in [0, 0.1) is 5.92 Å². The van der Waals surface area contributed by atoms with Gasteiger partial charge in [-0.2, -0.15) is 0 Å². The van der Waals surface area contributed by atoms with Crippen molar-refractivity contribution in [3.05, 3.63) is 12.2 Å². The zero-order valence-electron chi connectivity index (χ0n) is 22.0. The van der Waals surface area contributed by atoms with Crippen LogP contribution in [0.1, 0.15) is 78.6 Å². The molecule has 1 unspecified atom stereocenters. The number of nitrogens with zero attached hydrogens (tertiary/aromatic N) is 2. The van der Waals surface area contributed by atoms with Gasteiger partial charge in [0.2, 0.25) is 11.8 Å². The number of carbonyl (C=O) groups excluding carboxylic acids is 5. The van der Waals surface area contributed by atoms with E-state index in [2.05, 4.69) is 10.6 Å². The van der Waals surface area contributed by atoms with E-state index in [1.807, 2.05) is 20.8 Å². The van der Waals surface area contributed by atoms with Crippen molar-refractivity contribution in [2.45, 2.75) is 84.2 Å². The first kappa shape index (κ1) is 29.3. The zero-order chi connectivity index (χ0) is 26.6. The van der Waals surface area contributed by atoms with E-state index in [1.54, 1.807) is 4.90 Å². The third-order valence-corrected chi connectivity index (χ3v) is 6.11. The van der Waals surface area contributed by atoms with E-state index in [0.29, 0.717) is 58.4 Å². The summed E-state index contributed by atoms with van der Waals surface area (Å²) in [6.45, 7) is 8.34. The minimum absolute atomic E-state index is 0.000255. The Morgan fingerprint density at radius 2 is 1.53 bits per heavy atom. The normalized spacial score (nSPS) is 17.6. The Morgan fingerprint density at radius 3 is 2.17 bits per heavy atom. The van der Waals surface area contributed by atoms with E-state index in [9.17, 15) is 24.0 Å². The minimum Gasteiger partial charge on any atom is -0.444 e. The summed E-state index contributed by atoms with van der Waals surface area (Å²) in [5.41, 5.74) is -0.509. The molecular formula is C26H42N4O6. The Hall–Kier alpha value is -2.91. The first-order valence-corrected chi connectivity index (χ1v) is 13.1. The van der Waals surface area contributed by atoms with E-state index in [4.69, 9.17) is 4.74 Å². The van der Waals surface area contributed by atoms with Crippen LogP contribution < -0.4 is 10.6 Å². The second-order valence-corrected chi connectivity index (χ2v) is 10.5. The molecule has 0 aromatic rings. The van der Waals surface area contributed by atoms with Crippen LogP contribution in [0.2, 0.25) is 0 Å². The summed E-state index contributed by atoms with van der Waals surface area (Å²) in [6.07, 6.45) is 8.62. The van der Waals surface area contributed by atoms with Crippen LogP contribution in [-0.4, -0.2) is 77.8 Å². The predicted octanol–water partition coefficient (Wildman–Crippen LogP) is 2.52. The smallest absolute Gasteiger partial charge is 0.410 e. The monoisotopic (exact) mass is 506 g/mol. The molecule has 1 atom stereocenters. The van der Waals surface area contributed by atoms with Gasteiger partial charge in [-0.25, -0.2) is 4.79 Å². The first-order chi connectivity index (χ1) is 17.0. The van der Waals surface area contributed by atoms with Crippen LogP contribution in [0.4, 0.5) is 4.79 Å². The molecule has 0 aliphatic carbocycles. The summed E-state index contributed by atoms with van der Waals surface area (Å²) in [5.74, 6) is -0.271. The second kappa shape index (κ2) is 14.6. The van der Waals surface area contributed by atoms with Crippen molar-refractivity contribution in [3.8, 4) is 0 Å². The standard InChI is InChI=1S/C26H42N4O6/c1-26(2,3)36-25(35)29-17-14-20(19-29)18-28-22(32)11-6-4-8-15-27-21(31)10-7-5-9-16-30-23(33)12-13-24(30)34/h12-13,20H,4-11,14-19H2,1-3H3,(H,27,31)(H,28,32). The molecule has 5 amide bonds. The maximum absolute atomic E-state index is 12.1. The van der Waals surface area contributed by atoms with Gasteiger partial charge in [0.1, 0.15) is 5.60 Å². The Morgan fingerprint density at radius 1 is 0.917 bits per heavy atom. The second-order valence-electron chi connectivity index (χ2n) is 10.5. The van der Waals surface area contributed by atoms with Gasteiger partial charge in [0, 0.05) is 57.7 Å². The van der Waals surface area contributed by atoms with Gasteiger partial charge in [-0.15, -0.1) is 0 Å². The lowest BCUT2D eigenvalue weighted by Crippen LogP contribution is -2.36. The van der Waals surface area contributed by atoms with E-state index < -0.39 is 5.60 Å². The van der Waals surface area contributed by atoms with Gasteiger partial charge in [0.05, 0.1) is 0 Å². The molecule has 0 saturated carbocycles. The number of carbonyl (C=O) groups is 5. The molecule has 2 heterocycles. The van der Waals surface area contributed by atoms with Crippen molar-refractivity contribution < 1.29 is 28.7 Å². The molecule has 0 spiro atoms. The van der Waals surface area contributed by atoms with Crippen molar-refractivity contribution in [2.75, 3.05) is 32.7 Å². The molecule has 202 valence electrons. The van der Waals surface area contributed by atoms with Crippen LogP contribution in [0.3, 0.4) is 0 Å². The average Bonchev–Trinajstić information content (AvgIpc) is 3.40. The van der Waals surface area contributed by atoms with Gasteiger partial charge in [0.25, 0.3) is 11.8 Å². The SMILES string of the molecule is CC(C)(C)OC(=O)N1CCC(CNC(=O)CCCCCNC(=O)CCCCCN2C(=O)C=CC2=O)C1. The summed E-state index contributed by atoms with van der Waals surface area (Å²) >= 11 is 0. The van der Waals surface area contributed by atoms with Crippen LogP contribution in [0.15, 0.2) is 12.2 Å². The average molecular weight is 507 g/mol. The van der Waals surface area contributed by atoms with Gasteiger partial charge in [-0.3, -0.25) is 24.1 Å². The Bertz CT molecular complexity index is 802. The van der Waals surface area contributed by atoms with E-state index in [1.165, 1.54) is 17.1 Å². The minimum atomic E-state index is -0.509. The summed E-state index contributed by atoms with van der Waals surface area (Å²) in [4.78, 5) is 62.0. The number of nitrogens with one attached hydrogen (secondary N) is 2. The van der Waals surface area contributed by atoms with Crippen LogP contribution in [0.5, 0.6) is 0 Å². The molecule has 2 aliphatic rings. The molecule has 0 aromatic heterocycles. The third kappa shape index (κ3) is 11.2. The van der Waals surface area contributed by atoms with Crippen LogP contribution >= 0.6 is 0 Å². The third-order valence-electron chi connectivity index (χ3n) is 6.11. The highest BCUT2D eigenvalue weighted by Crippen LogP contribution is 2.19. The fourth-order valence-corrected chi connectivity index (χ4v) is 4.13. The molecule has 2 N–H and O–H groups in total. The summed E-state index contributed by atoms with van der Waals surface area (Å²) < 4.78 is 5.40. The molecule has 0 aromatic carbocycles. The molecule has 10 heteroatoms. The molecule has 1 saturated heterocycles. The first-order valence-electron chi connectivity index (χ1n) is 13.1. The quantitative estimate of drug-likeness (QED) is 0.276. The lowest BCUT2D eigenvalue weighted by molar-refractivity contribution is -0.137. The zero-order valence-corrected chi connectivity index (χ0v) is 22.0. The van der Waals surface area contributed by atoms with Crippen molar-refractivity contribution in [1.29, 1.82) is 0 Å². The lowest BCUT2D eigenvalue weighted by Gasteiger charge is -2.24. The summed E-state index contributed by atoms with van der Waals surface area (Å²) in [5, 5.41) is 5.86. The van der Waals surface area contributed by atoms with Crippen LogP contribution in [0.25, 0.3) is 0 Å². The Kier molecular flexibility index (Phi) is 11.9. The molecule has 10 nitrogen and oxygen atoms in total. The fourth-order valence-electron chi connectivity index (χ4n) is 4.13. The van der Waals surface area contributed by atoms with Crippen LogP contribution in [-0.2, 0) is 23.9 Å². The number of amides is 5. The molecule has 36 heavy (non-hydrogen) atoms. The molecule has 0 radical (unpaired) electrons. The highest BCUT2D eigenvalue weighted by atomic mass is 16.6. The Balaban J connectivity index is 1.41. The topological polar surface area (TPSA) is 125 Å². The Labute approximate surface area is 214 Å². The number of hydrogen-bond acceptors (Lipinski definition) is 6. The number of unbranched alkanes of at least 4 members (excludes halogenated alkanes) is 4. The van der Waals surface area contributed by atoms with Crippen molar-refractivity contribution >= 4 is 29.7 Å². The summed E-state index contributed by atoms with van der Waals surface area (Å²) in [7, 11) is 0. The number of rotatable bonds is 14. The number of imide groups is 1. The van der Waals surface area contributed by atoms with E-state index in [0.717, 1.165) is 32.1 Å². The number of ether oxygens (including phenoxy) is 1. The predicted molar refractivity (Wildman–Crippen MR) is 135 cm³/mol. The number of likely N-dealkylation sites (tertiary alicyclic amines) is 1. The molecule has 2 rings (SSSR count). The van der Waals surface area contributed by atoms with Gasteiger partial charge in [-0.1, -0.05) is 12.8 Å². The van der Waals surface area contributed by atoms with Crippen molar-refractivity contribution in [3.63, 3.8) is 0 Å². The molecule has 0 bridgehead atoms.